The van der Waals surface area contributed by atoms with Crippen LogP contribution in [0, 0.1) is 5.82 Å². The summed E-state index contributed by atoms with van der Waals surface area (Å²) in [4.78, 5) is 12.0. The Morgan fingerprint density at radius 1 is 1.21 bits per heavy atom. The number of rotatable bonds is 10. The van der Waals surface area contributed by atoms with Crippen LogP contribution in [0.3, 0.4) is 0 Å². The van der Waals surface area contributed by atoms with Crippen LogP contribution in [0.1, 0.15) is 74.2 Å². The molecule has 0 bridgehead atoms. The molecule has 0 saturated heterocycles. The van der Waals surface area contributed by atoms with Crippen molar-refractivity contribution < 1.29 is 23.6 Å². The molecular weight excluding hydrogens is 310 g/mol. The van der Waals surface area contributed by atoms with Crippen LogP contribution in [0.2, 0.25) is 0 Å². The number of fused-ring (bicyclic) bond motifs is 1. The highest BCUT2D eigenvalue weighted by Gasteiger charge is 2.30. The average Bonchev–Trinajstić information content (AvgIpc) is 2.92. The molecule has 2 rings (SSSR count). The molecule has 0 saturated carbocycles. The quantitative estimate of drug-likeness (QED) is 0.404. The summed E-state index contributed by atoms with van der Waals surface area (Å²) in [6, 6.07) is 2.57. The molecule has 0 aromatic heterocycles. The van der Waals surface area contributed by atoms with Crippen molar-refractivity contribution in [1.82, 2.24) is 0 Å². The van der Waals surface area contributed by atoms with Gasteiger partial charge in [-0.05, 0) is 29.6 Å². The van der Waals surface area contributed by atoms with Crippen molar-refractivity contribution in [1.29, 1.82) is 0 Å². The van der Waals surface area contributed by atoms with E-state index in [9.17, 15) is 14.2 Å². The van der Waals surface area contributed by atoms with Crippen LogP contribution in [0.15, 0.2) is 12.1 Å². The van der Waals surface area contributed by atoms with Crippen molar-refractivity contribution in [2.45, 2.75) is 64.9 Å². The lowest BCUT2D eigenvalue weighted by atomic mass is 9.78. The molecule has 0 unspecified atom stereocenters. The fraction of sp³-hybridized carbons (Fsp3) is 0.611. The van der Waals surface area contributed by atoms with E-state index in [1.165, 1.54) is 44.2 Å². The lowest BCUT2D eigenvalue weighted by molar-refractivity contribution is 0.0492. The monoisotopic (exact) mass is 336 g/mol. The first-order valence-electron chi connectivity index (χ1n) is 8.92. The van der Waals surface area contributed by atoms with Crippen LogP contribution < -0.4 is 5.46 Å². The standard InChI is InChI=1S/C18H26BFO4/c1-2-3-4-5-6-7-8-9-10-23-18(21)15-12-16-14(11-17(15)20)13-24-19(16)22/h11-12,22H,2-10,13H2,1H3. The number of carbonyl (C=O) groups excluding carboxylic acids is 1. The molecule has 0 spiro atoms. The Labute approximate surface area is 143 Å². The second-order valence-corrected chi connectivity index (χ2v) is 6.31. The van der Waals surface area contributed by atoms with Gasteiger partial charge in [0.2, 0.25) is 0 Å². The summed E-state index contributed by atoms with van der Waals surface area (Å²) in [5, 5.41) is 9.63. The van der Waals surface area contributed by atoms with Gasteiger partial charge in [0.1, 0.15) is 5.82 Å². The molecule has 4 nitrogen and oxygen atoms in total. The van der Waals surface area contributed by atoms with E-state index in [0.717, 1.165) is 19.3 Å². The van der Waals surface area contributed by atoms with E-state index in [-0.39, 0.29) is 12.2 Å². The topological polar surface area (TPSA) is 55.8 Å². The van der Waals surface area contributed by atoms with Crippen molar-refractivity contribution in [2.75, 3.05) is 6.61 Å². The second-order valence-electron chi connectivity index (χ2n) is 6.31. The van der Waals surface area contributed by atoms with E-state index in [1.807, 2.05) is 0 Å². The molecule has 0 fully saturated rings. The van der Waals surface area contributed by atoms with Crippen molar-refractivity contribution in [3.05, 3.63) is 29.1 Å². The Balaban J connectivity index is 1.69. The molecule has 132 valence electrons. The van der Waals surface area contributed by atoms with Gasteiger partial charge in [-0.25, -0.2) is 9.18 Å². The van der Waals surface area contributed by atoms with Gasteiger partial charge in [-0.2, -0.15) is 0 Å². The Morgan fingerprint density at radius 3 is 2.58 bits per heavy atom. The van der Waals surface area contributed by atoms with Crippen molar-refractivity contribution >= 4 is 18.6 Å². The number of halogens is 1. The van der Waals surface area contributed by atoms with Crippen LogP contribution in [-0.4, -0.2) is 24.7 Å². The third kappa shape index (κ3) is 5.31. The molecule has 24 heavy (non-hydrogen) atoms. The summed E-state index contributed by atoms with van der Waals surface area (Å²) < 4.78 is 24.1. The highest BCUT2D eigenvalue weighted by molar-refractivity contribution is 6.61. The van der Waals surface area contributed by atoms with Crippen LogP contribution in [0.25, 0.3) is 0 Å². The normalized spacial score (nSPS) is 13.2. The summed E-state index contributed by atoms with van der Waals surface area (Å²) in [5.41, 5.74) is 0.868. The minimum atomic E-state index is -1.10. The van der Waals surface area contributed by atoms with Gasteiger partial charge in [0, 0.05) is 0 Å². The summed E-state index contributed by atoms with van der Waals surface area (Å²) >= 11 is 0. The van der Waals surface area contributed by atoms with Gasteiger partial charge in [-0.1, -0.05) is 51.9 Å². The molecule has 1 aromatic rings. The minimum absolute atomic E-state index is 0.141. The van der Waals surface area contributed by atoms with Crippen LogP contribution in [0.5, 0.6) is 0 Å². The predicted molar refractivity (Wildman–Crippen MR) is 91.7 cm³/mol. The zero-order valence-corrected chi connectivity index (χ0v) is 14.4. The fourth-order valence-electron chi connectivity index (χ4n) is 2.88. The Morgan fingerprint density at radius 2 is 1.88 bits per heavy atom. The Hall–Kier alpha value is -1.40. The molecule has 1 heterocycles. The first kappa shape index (κ1) is 18.9. The van der Waals surface area contributed by atoms with E-state index >= 15 is 0 Å². The molecular formula is C18H26BFO4. The summed E-state index contributed by atoms with van der Waals surface area (Å²) in [6.07, 6.45) is 9.25. The number of esters is 1. The highest BCUT2D eigenvalue weighted by Crippen LogP contribution is 2.16. The van der Waals surface area contributed by atoms with Gasteiger partial charge in [-0.15, -0.1) is 0 Å². The van der Waals surface area contributed by atoms with Crippen molar-refractivity contribution in [3.63, 3.8) is 0 Å². The van der Waals surface area contributed by atoms with Gasteiger partial charge < -0.3 is 14.4 Å². The van der Waals surface area contributed by atoms with E-state index in [1.54, 1.807) is 0 Å². The minimum Gasteiger partial charge on any atom is -0.462 e. The first-order chi connectivity index (χ1) is 11.6. The molecule has 0 radical (unpaired) electrons. The maximum Gasteiger partial charge on any atom is 0.491 e. The fourth-order valence-corrected chi connectivity index (χ4v) is 2.88. The number of hydrogen-bond acceptors (Lipinski definition) is 4. The number of carbonyl (C=O) groups is 1. The van der Waals surface area contributed by atoms with Gasteiger partial charge >= 0.3 is 13.1 Å². The number of ether oxygens (including phenoxy) is 1. The lowest BCUT2D eigenvalue weighted by Gasteiger charge is -2.08. The second kappa shape index (κ2) is 9.79. The average molecular weight is 336 g/mol. The van der Waals surface area contributed by atoms with Crippen LogP contribution >= 0.6 is 0 Å². The van der Waals surface area contributed by atoms with E-state index in [0.29, 0.717) is 17.6 Å². The molecule has 1 aliphatic rings. The largest absolute Gasteiger partial charge is 0.491 e. The lowest BCUT2D eigenvalue weighted by Crippen LogP contribution is -2.29. The zero-order valence-electron chi connectivity index (χ0n) is 14.4. The molecule has 1 aromatic carbocycles. The van der Waals surface area contributed by atoms with Crippen LogP contribution in [-0.2, 0) is 16.0 Å². The van der Waals surface area contributed by atoms with E-state index < -0.39 is 18.9 Å². The molecule has 1 N–H and O–H groups in total. The maximum absolute atomic E-state index is 14.0. The Bertz CT molecular complexity index is 550. The first-order valence-corrected chi connectivity index (χ1v) is 8.92. The predicted octanol–water partition coefficient (Wildman–Crippen LogP) is 3.34. The summed E-state index contributed by atoms with van der Waals surface area (Å²) in [7, 11) is -1.10. The molecule has 0 aliphatic carbocycles. The van der Waals surface area contributed by atoms with E-state index in [4.69, 9.17) is 9.39 Å². The van der Waals surface area contributed by atoms with Crippen molar-refractivity contribution in [2.24, 2.45) is 0 Å². The Kier molecular flexibility index (Phi) is 7.73. The van der Waals surface area contributed by atoms with Gasteiger partial charge in [0.05, 0.1) is 18.8 Å². The molecule has 6 heteroatoms. The number of hydrogen-bond donors (Lipinski definition) is 1. The zero-order chi connectivity index (χ0) is 17.4. The highest BCUT2D eigenvalue weighted by atomic mass is 19.1. The van der Waals surface area contributed by atoms with Gasteiger partial charge in [-0.3, -0.25) is 0 Å². The van der Waals surface area contributed by atoms with Gasteiger partial charge in [0.15, 0.2) is 0 Å². The SMILES string of the molecule is CCCCCCCCCCOC(=O)c1cc2c(cc1F)COB2O. The smallest absolute Gasteiger partial charge is 0.462 e. The number of unbranched alkanes of at least 4 members (excludes halogenated alkanes) is 7. The van der Waals surface area contributed by atoms with E-state index in [2.05, 4.69) is 6.92 Å². The molecule has 0 atom stereocenters. The molecule has 0 amide bonds. The maximum atomic E-state index is 14.0. The third-order valence-corrected chi connectivity index (χ3v) is 4.34. The van der Waals surface area contributed by atoms with Crippen molar-refractivity contribution in [3.8, 4) is 0 Å². The van der Waals surface area contributed by atoms with Gasteiger partial charge in [0.25, 0.3) is 0 Å². The third-order valence-electron chi connectivity index (χ3n) is 4.34. The summed E-state index contributed by atoms with van der Waals surface area (Å²) in [5.74, 6) is -1.32. The number of benzene rings is 1. The summed E-state index contributed by atoms with van der Waals surface area (Å²) in [6.45, 7) is 2.65. The van der Waals surface area contributed by atoms with Crippen LogP contribution in [0.4, 0.5) is 4.39 Å². The molecule has 1 aliphatic heterocycles.